The molecule has 2 aromatic rings. The smallest absolute Gasteiger partial charge is 0.223 e. The van der Waals surface area contributed by atoms with Crippen LogP contribution in [0, 0.1) is 5.82 Å². The highest BCUT2D eigenvalue weighted by Gasteiger charge is 2.28. The number of carbonyl (C=O) groups excluding carboxylic acids is 1. The Morgan fingerprint density at radius 3 is 2.25 bits per heavy atom. The number of halogens is 1. The Bertz CT molecular complexity index is 881. The minimum atomic E-state index is -3.38. The zero-order valence-electron chi connectivity index (χ0n) is 15.5. The number of carbonyl (C=O) groups is 1. The summed E-state index contributed by atoms with van der Waals surface area (Å²) in [7, 11) is -3.38. The monoisotopic (exact) mass is 422 g/mol. The molecule has 0 aliphatic carbocycles. The fourth-order valence-corrected chi connectivity index (χ4v) is 5.39. The van der Waals surface area contributed by atoms with Crippen molar-refractivity contribution in [2.45, 2.75) is 17.1 Å². The van der Waals surface area contributed by atoms with Crippen molar-refractivity contribution >= 4 is 27.7 Å². The Labute approximate surface area is 169 Å². The van der Waals surface area contributed by atoms with Gasteiger partial charge in [0.25, 0.3) is 0 Å². The van der Waals surface area contributed by atoms with Gasteiger partial charge in [0.1, 0.15) is 5.82 Å². The second kappa shape index (κ2) is 9.54. The number of amides is 1. The Morgan fingerprint density at radius 2 is 1.61 bits per heavy atom. The molecule has 1 aliphatic rings. The van der Waals surface area contributed by atoms with E-state index in [1.165, 1.54) is 28.2 Å². The number of benzene rings is 2. The van der Waals surface area contributed by atoms with E-state index in [9.17, 15) is 17.6 Å². The van der Waals surface area contributed by atoms with Crippen molar-refractivity contribution in [2.24, 2.45) is 0 Å². The first kappa shape index (κ1) is 20.8. The predicted molar refractivity (Wildman–Crippen MR) is 109 cm³/mol. The van der Waals surface area contributed by atoms with E-state index in [0.29, 0.717) is 38.4 Å². The number of nitrogens with zero attached hydrogens (tertiary/aromatic N) is 2. The van der Waals surface area contributed by atoms with E-state index in [2.05, 4.69) is 0 Å². The lowest BCUT2D eigenvalue weighted by atomic mass is 10.2. The zero-order chi connectivity index (χ0) is 20.0. The standard InChI is InChI=1S/C20H23FN2O3S2/c21-18-6-8-19(9-7-18)27-15-10-20(24)22-11-13-23(14-12-22)28(25,26)16-17-4-2-1-3-5-17/h1-9H,10-16H2. The van der Waals surface area contributed by atoms with Crippen molar-refractivity contribution in [3.8, 4) is 0 Å². The molecular weight excluding hydrogens is 399 g/mol. The molecule has 150 valence electrons. The van der Waals surface area contributed by atoms with Crippen molar-refractivity contribution in [1.29, 1.82) is 0 Å². The SMILES string of the molecule is O=C(CCSc1ccc(F)cc1)N1CCN(S(=O)(=O)Cc2ccccc2)CC1. The lowest BCUT2D eigenvalue weighted by molar-refractivity contribution is -0.131. The van der Waals surface area contributed by atoms with Crippen LogP contribution in [0.25, 0.3) is 0 Å². The molecule has 0 N–H and O–H groups in total. The summed E-state index contributed by atoms with van der Waals surface area (Å²) >= 11 is 1.51. The number of piperazine rings is 1. The molecule has 1 fully saturated rings. The summed E-state index contributed by atoms with van der Waals surface area (Å²) in [5.74, 6) is 0.336. The fourth-order valence-electron chi connectivity index (χ4n) is 3.04. The van der Waals surface area contributed by atoms with Crippen LogP contribution in [0.15, 0.2) is 59.5 Å². The third-order valence-electron chi connectivity index (χ3n) is 4.57. The first-order valence-electron chi connectivity index (χ1n) is 9.12. The van der Waals surface area contributed by atoms with Crippen molar-refractivity contribution in [3.63, 3.8) is 0 Å². The quantitative estimate of drug-likeness (QED) is 0.644. The maximum Gasteiger partial charge on any atom is 0.223 e. The summed E-state index contributed by atoms with van der Waals surface area (Å²) in [4.78, 5) is 15.0. The highest BCUT2D eigenvalue weighted by atomic mass is 32.2. The molecule has 1 heterocycles. The van der Waals surface area contributed by atoms with Crippen molar-refractivity contribution in [1.82, 2.24) is 9.21 Å². The van der Waals surface area contributed by atoms with Gasteiger partial charge in [0.05, 0.1) is 5.75 Å². The molecule has 1 saturated heterocycles. The summed E-state index contributed by atoms with van der Waals surface area (Å²) in [6.45, 7) is 1.47. The van der Waals surface area contributed by atoms with Crippen LogP contribution in [0.5, 0.6) is 0 Å². The molecular formula is C20H23FN2O3S2. The third kappa shape index (κ3) is 5.80. The number of hydrogen-bond donors (Lipinski definition) is 0. The van der Waals surface area contributed by atoms with Gasteiger partial charge in [-0.2, -0.15) is 4.31 Å². The van der Waals surface area contributed by atoms with Crippen LogP contribution < -0.4 is 0 Å². The van der Waals surface area contributed by atoms with E-state index in [-0.39, 0.29) is 17.5 Å². The minimum Gasteiger partial charge on any atom is -0.340 e. The lowest BCUT2D eigenvalue weighted by Crippen LogP contribution is -2.50. The second-order valence-electron chi connectivity index (χ2n) is 6.57. The van der Waals surface area contributed by atoms with Gasteiger partial charge in [-0.3, -0.25) is 4.79 Å². The largest absolute Gasteiger partial charge is 0.340 e. The van der Waals surface area contributed by atoms with Gasteiger partial charge in [-0.1, -0.05) is 30.3 Å². The first-order valence-corrected chi connectivity index (χ1v) is 11.7. The van der Waals surface area contributed by atoms with E-state index in [1.54, 1.807) is 29.2 Å². The Balaban J connectivity index is 1.44. The molecule has 8 heteroatoms. The van der Waals surface area contributed by atoms with Crippen LogP contribution in [-0.2, 0) is 20.6 Å². The molecule has 3 rings (SSSR count). The molecule has 1 amide bonds. The molecule has 0 saturated carbocycles. The minimum absolute atomic E-state index is 0.0178. The lowest BCUT2D eigenvalue weighted by Gasteiger charge is -2.34. The summed E-state index contributed by atoms with van der Waals surface area (Å²) < 4.78 is 39.5. The van der Waals surface area contributed by atoms with E-state index < -0.39 is 10.0 Å². The molecule has 0 aromatic heterocycles. The molecule has 2 aromatic carbocycles. The zero-order valence-corrected chi connectivity index (χ0v) is 17.1. The van der Waals surface area contributed by atoms with Crippen molar-refractivity contribution in [3.05, 3.63) is 66.0 Å². The third-order valence-corrected chi connectivity index (χ3v) is 7.44. The van der Waals surface area contributed by atoms with Crippen LogP contribution in [0.4, 0.5) is 4.39 Å². The van der Waals surface area contributed by atoms with Gasteiger partial charge in [0, 0.05) is 43.2 Å². The fraction of sp³-hybridized carbons (Fsp3) is 0.350. The molecule has 1 aliphatic heterocycles. The predicted octanol–water partition coefficient (Wildman–Crippen LogP) is 2.98. The van der Waals surface area contributed by atoms with Crippen molar-refractivity contribution in [2.75, 3.05) is 31.9 Å². The molecule has 0 unspecified atom stereocenters. The summed E-state index contributed by atoms with van der Waals surface area (Å²) in [5, 5.41) is 0. The van der Waals surface area contributed by atoms with Gasteiger partial charge in [0.15, 0.2) is 0 Å². The van der Waals surface area contributed by atoms with Crippen LogP contribution in [0.3, 0.4) is 0 Å². The van der Waals surface area contributed by atoms with Gasteiger partial charge in [-0.25, -0.2) is 12.8 Å². The number of thioether (sulfide) groups is 1. The van der Waals surface area contributed by atoms with Gasteiger partial charge in [-0.15, -0.1) is 11.8 Å². The first-order chi connectivity index (χ1) is 13.4. The maximum atomic E-state index is 12.9. The summed E-state index contributed by atoms with van der Waals surface area (Å²) in [6, 6.07) is 15.3. The molecule has 0 radical (unpaired) electrons. The van der Waals surface area contributed by atoms with Gasteiger partial charge in [0.2, 0.25) is 15.9 Å². The second-order valence-corrected chi connectivity index (χ2v) is 9.71. The number of sulfonamides is 1. The topological polar surface area (TPSA) is 57.7 Å². The van der Waals surface area contributed by atoms with Crippen LogP contribution in [0.1, 0.15) is 12.0 Å². The maximum absolute atomic E-state index is 12.9. The molecule has 0 bridgehead atoms. The van der Waals surface area contributed by atoms with Crippen LogP contribution in [-0.4, -0.2) is 55.5 Å². The molecule has 0 atom stereocenters. The van der Waals surface area contributed by atoms with Crippen LogP contribution >= 0.6 is 11.8 Å². The van der Waals surface area contributed by atoms with Gasteiger partial charge < -0.3 is 4.90 Å². The van der Waals surface area contributed by atoms with Gasteiger partial charge in [-0.05, 0) is 29.8 Å². The Kier molecular flexibility index (Phi) is 7.09. The average Bonchev–Trinajstić information content (AvgIpc) is 2.70. The Morgan fingerprint density at radius 1 is 0.964 bits per heavy atom. The summed E-state index contributed by atoms with van der Waals surface area (Å²) in [5.41, 5.74) is 0.763. The number of hydrogen-bond acceptors (Lipinski definition) is 4. The van der Waals surface area contributed by atoms with Crippen molar-refractivity contribution < 1.29 is 17.6 Å². The summed E-state index contributed by atoms with van der Waals surface area (Å²) in [6.07, 6.45) is 0.374. The van der Waals surface area contributed by atoms with E-state index in [0.717, 1.165) is 10.5 Å². The van der Waals surface area contributed by atoms with Crippen LogP contribution in [0.2, 0.25) is 0 Å². The highest BCUT2D eigenvalue weighted by Crippen LogP contribution is 2.20. The van der Waals surface area contributed by atoms with E-state index in [4.69, 9.17) is 0 Å². The molecule has 5 nitrogen and oxygen atoms in total. The Hall–Kier alpha value is -1.90. The van der Waals surface area contributed by atoms with E-state index in [1.807, 2.05) is 18.2 Å². The average molecular weight is 423 g/mol. The molecule has 28 heavy (non-hydrogen) atoms. The normalized spacial score (nSPS) is 15.5. The highest BCUT2D eigenvalue weighted by molar-refractivity contribution is 7.99. The van der Waals surface area contributed by atoms with E-state index >= 15 is 0 Å². The number of rotatable bonds is 7. The molecule has 0 spiro atoms. The van der Waals surface area contributed by atoms with Gasteiger partial charge >= 0.3 is 0 Å².